The van der Waals surface area contributed by atoms with E-state index in [2.05, 4.69) is 5.32 Å². The van der Waals surface area contributed by atoms with E-state index in [1.54, 1.807) is 6.07 Å². The molecule has 2 aliphatic rings. The highest BCUT2D eigenvalue weighted by Gasteiger charge is 2.42. The van der Waals surface area contributed by atoms with Crippen LogP contribution in [-0.2, 0) is 4.79 Å². The number of benzene rings is 1. The van der Waals surface area contributed by atoms with Crippen LogP contribution in [0.5, 0.6) is 0 Å². The second-order valence-corrected chi connectivity index (χ2v) is 6.84. The number of para-hydroxylation sites is 1. The molecule has 0 spiro atoms. The number of carbonyl (C=O) groups is 1. The summed E-state index contributed by atoms with van der Waals surface area (Å²) in [6.07, 6.45) is -1.04. The molecule has 1 saturated heterocycles. The lowest BCUT2D eigenvalue weighted by Gasteiger charge is -2.25. The van der Waals surface area contributed by atoms with Crippen molar-refractivity contribution in [2.45, 2.75) is 38.4 Å². The monoisotopic (exact) mass is 340 g/mol. The van der Waals surface area contributed by atoms with Crippen LogP contribution in [0.1, 0.15) is 32.1 Å². The fraction of sp³-hybridized carbons (Fsp3) is 0.611. The molecule has 3 atom stereocenters. The quantitative estimate of drug-likeness (QED) is 0.823. The van der Waals surface area contributed by atoms with Crippen molar-refractivity contribution >= 4 is 11.6 Å². The van der Waals surface area contributed by atoms with Crippen molar-refractivity contribution in [1.29, 1.82) is 0 Å². The molecule has 1 aliphatic heterocycles. The lowest BCUT2D eigenvalue weighted by Crippen LogP contribution is -2.43. The number of alkyl halides is 3. The van der Waals surface area contributed by atoms with Gasteiger partial charge in [-0.25, -0.2) is 4.90 Å². The average Bonchev–Trinajstić information content (AvgIpc) is 3.12. The Morgan fingerprint density at radius 2 is 1.92 bits per heavy atom. The van der Waals surface area contributed by atoms with Gasteiger partial charge in [0.1, 0.15) is 0 Å². The Kier molecular flexibility index (Phi) is 5.13. The first-order valence-electron chi connectivity index (χ1n) is 8.62. The van der Waals surface area contributed by atoms with Crippen LogP contribution in [0.15, 0.2) is 30.3 Å². The predicted molar refractivity (Wildman–Crippen MR) is 86.4 cm³/mol. The minimum Gasteiger partial charge on any atom is -0.316 e. The molecule has 3 rings (SSSR count). The van der Waals surface area contributed by atoms with Crippen molar-refractivity contribution in [2.75, 3.05) is 18.0 Å². The summed E-state index contributed by atoms with van der Waals surface area (Å²) in [5, 5.41) is 3.39. The number of fused-ring (bicyclic) bond motifs is 1. The van der Waals surface area contributed by atoms with Crippen LogP contribution in [0, 0.1) is 17.8 Å². The topological polar surface area (TPSA) is 32.3 Å². The molecule has 1 saturated carbocycles. The molecule has 24 heavy (non-hydrogen) atoms. The molecule has 0 bridgehead atoms. The van der Waals surface area contributed by atoms with Crippen LogP contribution in [0.25, 0.3) is 0 Å². The molecule has 1 amide bonds. The normalized spacial score (nSPS) is 26.4. The van der Waals surface area contributed by atoms with Gasteiger partial charge in [0.25, 0.3) is 0 Å². The zero-order valence-corrected chi connectivity index (χ0v) is 13.6. The van der Waals surface area contributed by atoms with Crippen LogP contribution >= 0.6 is 0 Å². The molecular formula is C18H23F3N2O. The van der Waals surface area contributed by atoms with Crippen molar-refractivity contribution in [2.24, 2.45) is 17.8 Å². The van der Waals surface area contributed by atoms with Crippen LogP contribution in [0.2, 0.25) is 0 Å². The summed E-state index contributed by atoms with van der Waals surface area (Å²) in [5.74, 6) is 1.05. The minimum atomic E-state index is -4.69. The molecule has 132 valence electrons. The Bertz CT molecular complexity index is 561. The van der Waals surface area contributed by atoms with Crippen molar-refractivity contribution in [3.05, 3.63) is 30.3 Å². The van der Waals surface area contributed by atoms with Gasteiger partial charge in [-0.1, -0.05) is 18.2 Å². The van der Waals surface area contributed by atoms with Gasteiger partial charge in [0.2, 0.25) is 5.91 Å². The Morgan fingerprint density at radius 1 is 1.17 bits per heavy atom. The molecule has 3 nitrogen and oxygen atoms in total. The number of carbonyl (C=O) groups excluding carboxylic acids is 1. The average molecular weight is 340 g/mol. The summed E-state index contributed by atoms with van der Waals surface area (Å²) in [4.78, 5) is 12.2. The molecule has 6 heteroatoms. The number of hydrogen-bond acceptors (Lipinski definition) is 2. The van der Waals surface area contributed by atoms with Gasteiger partial charge in [-0.05, 0) is 68.7 Å². The van der Waals surface area contributed by atoms with Crippen molar-refractivity contribution in [1.82, 2.24) is 5.32 Å². The first-order valence-corrected chi connectivity index (χ1v) is 8.62. The van der Waals surface area contributed by atoms with Gasteiger partial charge in [-0.2, -0.15) is 0 Å². The fourth-order valence-electron chi connectivity index (χ4n) is 4.26. The van der Waals surface area contributed by atoms with E-state index in [0.29, 0.717) is 18.3 Å². The van der Waals surface area contributed by atoms with E-state index in [1.165, 1.54) is 30.7 Å². The predicted octanol–water partition coefficient (Wildman–Crippen LogP) is 3.96. The number of nitrogens with one attached hydrogen (secondary N) is 1. The molecular weight excluding hydrogens is 317 g/mol. The van der Waals surface area contributed by atoms with E-state index < -0.39 is 12.2 Å². The molecule has 0 aromatic heterocycles. The van der Waals surface area contributed by atoms with Crippen LogP contribution < -0.4 is 10.2 Å². The van der Waals surface area contributed by atoms with E-state index in [0.717, 1.165) is 31.8 Å². The number of nitrogens with zero attached hydrogens (tertiary/aromatic N) is 1. The van der Waals surface area contributed by atoms with E-state index in [1.807, 2.05) is 0 Å². The van der Waals surface area contributed by atoms with E-state index in [9.17, 15) is 18.0 Å². The van der Waals surface area contributed by atoms with Gasteiger partial charge in [-0.3, -0.25) is 4.79 Å². The maximum absolute atomic E-state index is 13.3. The number of amides is 1. The second kappa shape index (κ2) is 7.13. The van der Waals surface area contributed by atoms with Gasteiger partial charge in [-0.15, -0.1) is 13.2 Å². The molecule has 0 radical (unpaired) electrons. The number of rotatable bonds is 5. The summed E-state index contributed by atoms with van der Waals surface area (Å²) in [7, 11) is 0. The Morgan fingerprint density at radius 3 is 2.62 bits per heavy atom. The number of hydrogen-bond donors (Lipinski definition) is 1. The fourth-order valence-corrected chi connectivity index (χ4v) is 4.26. The number of halogens is 3. The molecule has 1 N–H and O–H groups in total. The van der Waals surface area contributed by atoms with E-state index >= 15 is 0 Å². The van der Waals surface area contributed by atoms with Crippen LogP contribution in [0.4, 0.5) is 18.9 Å². The molecule has 2 fully saturated rings. The third-order valence-electron chi connectivity index (χ3n) is 5.39. The Balaban J connectivity index is 1.56. The van der Waals surface area contributed by atoms with Gasteiger partial charge in [0.15, 0.2) is 0 Å². The summed E-state index contributed by atoms with van der Waals surface area (Å²) in [5.41, 5.74) is -0.115. The molecule has 1 aromatic rings. The molecule has 1 aromatic carbocycles. The highest BCUT2D eigenvalue weighted by molar-refractivity contribution is 5.93. The summed E-state index contributed by atoms with van der Waals surface area (Å²) in [6.45, 7) is 2.08. The van der Waals surface area contributed by atoms with E-state index in [-0.39, 0.29) is 17.0 Å². The van der Waals surface area contributed by atoms with Crippen molar-refractivity contribution < 1.29 is 18.0 Å². The lowest BCUT2D eigenvalue weighted by molar-refractivity contribution is -0.150. The zero-order chi connectivity index (χ0) is 17.2. The first-order chi connectivity index (χ1) is 11.5. The maximum atomic E-state index is 13.3. The smallest absolute Gasteiger partial charge is 0.316 e. The maximum Gasteiger partial charge on any atom is 0.491 e. The van der Waals surface area contributed by atoms with Crippen LogP contribution in [0.3, 0.4) is 0 Å². The second-order valence-electron chi connectivity index (χ2n) is 6.84. The van der Waals surface area contributed by atoms with Gasteiger partial charge >= 0.3 is 6.30 Å². The van der Waals surface area contributed by atoms with Crippen LogP contribution in [-0.4, -0.2) is 25.3 Å². The summed E-state index contributed by atoms with van der Waals surface area (Å²) in [6, 6.07) is 7.28. The van der Waals surface area contributed by atoms with Crippen molar-refractivity contribution in [3.63, 3.8) is 0 Å². The molecule has 1 heterocycles. The van der Waals surface area contributed by atoms with Crippen molar-refractivity contribution in [3.8, 4) is 0 Å². The third-order valence-corrected chi connectivity index (χ3v) is 5.39. The minimum absolute atomic E-state index is 0.0262. The zero-order valence-electron chi connectivity index (χ0n) is 13.6. The Labute approximate surface area is 140 Å². The summed E-state index contributed by atoms with van der Waals surface area (Å²) >= 11 is 0. The number of anilines is 1. The highest BCUT2D eigenvalue weighted by Crippen LogP contribution is 2.41. The standard InChI is InChI=1S/C18H23F3N2O/c19-18(20,21)23(15-6-2-1-3-7-15)17(24)8-4-5-13-9-10-14-11-22-12-16(13)14/h1-3,6-7,13-14,16,22H,4-5,8-12H2. The van der Waals surface area contributed by atoms with Gasteiger partial charge < -0.3 is 5.32 Å². The molecule has 1 aliphatic carbocycles. The highest BCUT2D eigenvalue weighted by atomic mass is 19.4. The molecule has 3 unspecified atom stereocenters. The van der Waals surface area contributed by atoms with Gasteiger partial charge in [0, 0.05) is 6.42 Å². The SMILES string of the molecule is O=C(CCCC1CCC2CNCC12)N(c1ccccc1)C(F)(F)F. The van der Waals surface area contributed by atoms with Gasteiger partial charge in [0.05, 0.1) is 5.69 Å². The largest absolute Gasteiger partial charge is 0.491 e. The van der Waals surface area contributed by atoms with E-state index in [4.69, 9.17) is 0 Å². The lowest BCUT2D eigenvalue weighted by atomic mass is 9.88. The first kappa shape index (κ1) is 17.3. The Hall–Kier alpha value is -1.56. The summed E-state index contributed by atoms with van der Waals surface area (Å²) < 4.78 is 39.8. The third kappa shape index (κ3) is 3.74.